The van der Waals surface area contributed by atoms with Gasteiger partial charge in [-0.2, -0.15) is 13.2 Å². The van der Waals surface area contributed by atoms with Gasteiger partial charge in [-0.3, -0.25) is 4.98 Å². The number of aryl methyl sites for hydroxylation is 1. The van der Waals surface area contributed by atoms with Crippen LogP contribution in [0.25, 0.3) is 32.3 Å². The Labute approximate surface area is 259 Å². The fourth-order valence-electron chi connectivity index (χ4n) is 6.69. The average molecular weight is 612 g/mol. The third-order valence-corrected chi connectivity index (χ3v) is 8.81. The van der Waals surface area contributed by atoms with Crippen molar-refractivity contribution < 1.29 is 27.0 Å². The predicted octanol–water partition coefficient (Wildman–Crippen LogP) is 10.5. The minimum Gasteiger partial charge on any atom is -0.496 e. The van der Waals surface area contributed by atoms with Crippen LogP contribution in [0, 0.1) is 5.82 Å². The van der Waals surface area contributed by atoms with E-state index in [0.29, 0.717) is 6.42 Å². The van der Waals surface area contributed by atoms with Gasteiger partial charge in [0.25, 0.3) is 0 Å². The number of rotatable bonds is 5. The maximum Gasteiger partial charge on any atom is 0.416 e. The van der Waals surface area contributed by atoms with Gasteiger partial charge in [0.05, 0.1) is 25.2 Å². The molecule has 0 radical (unpaired) electrons. The Hall–Kier alpha value is -4.65. The first-order valence-corrected chi connectivity index (χ1v) is 15.0. The fraction of sp³-hybridized carbons (Fsp3) is 0.237. The summed E-state index contributed by atoms with van der Waals surface area (Å²) in [5.74, 6) is 0.735. The summed E-state index contributed by atoms with van der Waals surface area (Å²) in [7, 11) is 3.27. The minimum atomic E-state index is -4.57. The summed E-state index contributed by atoms with van der Waals surface area (Å²) in [4.78, 5) is 4.01. The number of ether oxygens (including phenoxy) is 2. The van der Waals surface area contributed by atoms with Crippen molar-refractivity contribution in [2.75, 3.05) is 14.2 Å². The Balaban J connectivity index is 0.000000301. The molecule has 0 N–H and O–H groups in total. The maximum absolute atomic E-state index is 14.4. The van der Waals surface area contributed by atoms with Crippen molar-refractivity contribution in [2.45, 2.75) is 44.2 Å². The fourth-order valence-corrected chi connectivity index (χ4v) is 6.69. The van der Waals surface area contributed by atoms with Crippen LogP contribution in [-0.4, -0.2) is 19.2 Å². The number of hydrogen-bond acceptors (Lipinski definition) is 3. The molecule has 5 aromatic carbocycles. The van der Waals surface area contributed by atoms with E-state index in [1.807, 2.05) is 54.9 Å². The van der Waals surface area contributed by atoms with E-state index in [-0.39, 0.29) is 17.9 Å². The second-order valence-corrected chi connectivity index (χ2v) is 11.3. The second-order valence-electron chi connectivity index (χ2n) is 11.3. The van der Waals surface area contributed by atoms with Crippen LogP contribution in [0.15, 0.2) is 97.3 Å². The zero-order valence-corrected chi connectivity index (χ0v) is 25.1. The molecule has 1 aliphatic carbocycles. The molecule has 0 spiro atoms. The number of pyridine rings is 1. The van der Waals surface area contributed by atoms with Crippen LogP contribution in [0.2, 0.25) is 0 Å². The van der Waals surface area contributed by atoms with Crippen LogP contribution in [0.3, 0.4) is 0 Å². The molecule has 6 aromatic rings. The summed E-state index contributed by atoms with van der Waals surface area (Å²) in [6.07, 6.45) is 2.29. The molecule has 0 saturated heterocycles. The summed E-state index contributed by atoms with van der Waals surface area (Å²) < 4.78 is 66.1. The number of methoxy groups -OCH3 is 2. The zero-order chi connectivity index (χ0) is 31.6. The molecule has 1 aromatic heterocycles. The Morgan fingerprint density at radius 3 is 2.33 bits per heavy atom. The van der Waals surface area contributed by atoms with Crippen molar-refractivity contribution in [2.24, 2.45) is 0 Å². The van der Waals surface area contributed by atoms with E-state index >= 15 is 0 Å². The van der Waals surface area contributed by atoms with Gasteiger partial charge in [0.1, 0.15) is 17.3 Å². The number of alkyl halides is 3. The molecule has 0 saturated carbocycles. The van der Waals surface area contributed by atoms with E-state index in [9.17, 15) is 17.6 Å². The Bertz CT molecular complexity index is 1920. The van der Waals surface area contributed by atoms with Crippen LogP contribution in [0.5, 0.6) is 11.5 Å². The highest BCUT2D eigenvalue weighted by atomic mass is 19.4. The van der Waals surface area contributed by atoms with E-state index in [0.717, 1.165) is 76.1 Å². The first-order valence-electron chi connectivity index (χ1n) is 15.0. The van der Waals surface area contributed by atoms with E-state index in [2.05, 4.69) is 29.2 Å². The molecular formula is C38H33F4NO2. The third kappa shape index (κ3) is 6.04. The first kappa shape index (κ1) is 30.4. The molecule has 45 heavy (non-hydrogen) atoms. The number of benzene rings is 5. The molecule has 1 unspecified atom stereocenters. The summed E-state index contributed by atoms with van der Waals surface area (Å²) >= 11 is 0. The quantitative estimate of drug-likeness (QED) is 0.144. The third-order valence-electron chi connectivity index (χ3n) is 8.81. The molecule has 1 atom stereocenters. The largest absolute Gasteiger partial charge is 0.496 e. The lowest BCUT2D eigenvalue weighted by Crippen LogP contribution is -2.14. The van der Waals surface area contributed by atoms with Crippen molar-refractivity contribution in [3.63, 3.8) is 0 Å². The van der Waals surface area contributed by atoms with Gasteiger partial charge in [-0.05, 0) is 106 Å². The van der Waals surface area contributed by atoms with Gasteiger partial charge in [0.15, 0.2) is 0 Å². The number of aromatic nitrogens is 1. The van der Waals surface area contributed by atoms with Gasteiger partial charge < -0.3 is 9.47 Å². The second kappa shape index (κ2) is 12.8. The van der Waals surface area contributed by atoms with E-state index in [1.165, 1.54) is 16.3 Å². The lowest BCUT2D eigenvalue weighted by molar-refractivity contribution is -0.138. The molecule has 0 amide bonds. The van der Waals surface area contributed by atoms with Crippen LogP contribution in [0.1, 0.15) is 47.4 Å². The van der Waals surface area contributed by atoms with Gasteiger partial charge in [-0.15, -0.1) is 0 Å². The standard InChI is InChI=1S/C29H26F4O2.C9H7N/c1-34-26-11-4-8-21-20-15-14-18-17(6-3-7-19(18)23(20)16-27(35-2)28(21)26)12-13-22-24(29(31,32)33)9-5-10-25(22)30;1-2-4-9-7-10-6-5-8(9)3-1/h4-5,8-11,14-17H,3,6-7,12-13H2,1-2H3;1-7H. The number of fused-ring (bicyclic) bond motifs is 6. The Morgan fingerprint density at radius 1 is 0.800 bits per heavy atom. The Kier molecular flexibility index (Phi) is 8.61. The topological polar surface area (TPSA) is 31.4 Å². The smallest absolute Gasteiger partial charge is 0.416 e. The summed E-state index contributed by atoms with van der Waals surface area (Å²) in [5.41, 5.74) is 1.22. The summed E-state index contributed by atoms with van der Waals surface area (Å²) in [6.45, 7) is 0. The van der Waals surface area contributed by atoms with Gasteiger partial charge in [-0.25, -0.2) is 4.39 Å². The molecule has 3 nitrogen and oxygen atoms in total. The molecule has 7 rings (SSSR count). The highest BCUT2D eigenvalue weighted by molar-refractivity contribution is 6.13. The average Bonchev–Trinajstić information content (AvgIpc) is 3.06. The monoisotopic (exact) mass is 611 g/mol. The molecule has 230 valence electrons. The van der Waals surface area contributed by atoms with Crippen molar-refractivity contribution in [3.05, 3.63) is 125 Å². The molecule has 1 aliphatic rings. The van der Waals surface area contributed by atoms with E-state index in [1.54, 1.807) is 14.2 Å². The van der Waals surface area contributed by atoms with Crippen molar-refractivity contribution in [3.8, 4) is 11.5 Å². The summed E-state index contributed by atoms with van der Waals surface area (Å²) in [6, 6.07) is 25.5. The van der Waals surface area contributed by atoms with Crippen LogP contribution < -0.4 is 9.47 Å². The normalized spacial score (nSPS) is 14.6. The molecule has 7 heteroatoms. The predicted molar refractivity (Wildman–Crippen MR) is 172 cm³/mol. The van der Waals surface area contributed by atoms with E-state index < -0.39 is 17.6 Å². The highest BCUT2D eigenvalue weighted by Gasteiger charge is 2.34. The summed E-state index contributed by atoms with van der Waals surface area (Å²) in [5, 5.41) is 6.57. The lowest BCUT2D eigenvalue weighted by atomic mass is 9.77. The first-order chi connectivity index (χ1) is 21.8. The number of hydrogen-bond donors (Lipinski definition) is 0. The van der Waals surface area contributed by atoms with Gasteiger partial charge in [0.2, 0.25) is 0 Å². The van der Waals surface area contributed by atoms with Crippen molar-refractivity contribution >= 4 is 32.3 Å². The molecule has 0 fully saturated rings. The highest BCUT2D eigenvalue weighted by Crippen LogP contribution is 2.45. The molecule has 1 heterocycles. The molecule has 0 bridgehead atoms. The van der Waals surface area contributed by atoms with Gasteiger partial charge in [0, 0.05) is 18.0 Å². The zero-order valence-electron chi connectivity index (χ0n) is 25.1. The number of nitrogens with zero attached hydrogens (tertiary/aromatic N) is 1. The van der Waals surface area contributed by atoms with Crippen LogP contribution in [-0.2, 0) is 19.0 Å². The lowest BCUT2D eigenvalue weighted by Gasteiger charge is -2.28. The van der Waals surface area contributed by atoms with E-state index in [4.69, 9.17) is 9.47 Å². The maximum atomic E-state index is 14.4. The van der Waals surface area contributed by atoms with Gasteiger partial charge >= 0.3 is 6.18 Å². The molecular weight excluding hydrogens is 578 g/mol. The van der Waals surface area contributed by atoms with Crippen molar-refractivity contribution in [1.82, 2.24) is 4.98 Å². The SMILES string of the molecule is COc1cccc2c1c(OC)cc1c3c(ccc12)C(CCc1c(F)cccc1C(F)(F)F)CCC3.c1ccc2cnccc2c1. The number of halogens is 4. The molecule has 0 aliphatic heterocycles. The minimum absolute atomic E-state index is 0.0436. The van der Waals surface area contributed by atoms with Crippen molar-refractivity contribution in [1.29, 1.82) is 0 Å². The van der Waals surface area contributed by atoms with Gasteiger partial charge in [-0.1, -0.05) is 54.6 Å². The Morgan fingerprint density at radius 2 is 1.58 bits per heavy atom. The van der Waals surface area contributed by atoms with Crippen LogP contribution in [0.4, 0.5) is 17.6 Å². The van der Waals surface area contributed by atoms with Crippen LogP contribution >= 0.6 is 0 Å².